The third-order valence-electron chi connectivity index (χ3n) is 1.78. The second-order valence-electron chi connectivity index (χ2n) is 2.92. The molecule has 4 heteroatoms. The van der Waals surface area contributed by atoms with Crippen molar-refractivity contribution in [2.45, 2.75) is 6.42 Å². The molecule has 1 rings (SSSR count). The molecule has 0 bridgehead atoms. The summed E-state index contributed by atoms with van der Waals surface area (Å²) in [5.74, 6) is -0.0834. The van der Waals surface area contributed by atoms with Gasteiger partial charge in [-0.25, -0.2) is 0 Å². The Morgan fingerprint density at radius 3 is 2.58 bits per heavy atom. The van der Waals surface area contributed by atoms with Crippen LogP contribution in [0.25, 0.3) is 0 Å². The van der Waals surface area contributed by atoms with E-state index in [-0.39, 0.29) is 19.1 Å². The van der Waals surface area contributed by atoms with Crippen LogP contribution in [-0.4, -0.2) is 33.2 Å². The van der Waals surface area contributed by atoms with Gasteiger partial charge in [0.25, 0.3) is 0 Å². The van der Waals surface area contributed by atoms with E-state index in [0.29, 0.717) is 6.42 Å². The highest BCUT2D eigenvalue weighted by Crippen LogP contribution is 2.04. The number of aryl methyl sites for hydroxylation is 1. The van der Waals surface area contributed by atoms with Crippen molar-refractivity contribution < 1.29 is 10.2 Å². The smallest absolute Gasteiger partial charge is 0.0629 e. The van der Waals surface area contributed by atoms with Crippen molar-refractivity contribution in [1.29, 1.82) is 0 Å². The Labute approximate surface area is 71.5 Å². The second kappa shape index (κ2) is 4.23. The lowest BCUT2D eigenvalue weighted by Gasteiger charge is -2.07. The number of aliphatic hydroxyl groups is 2. The van der Waals surface area contributed by atoms with Crippen LogP contribution in [0.1, 0.15) is 5.69 Å². The summed E-state index contributed by atoms with van der Waals surface area (Å²) in [4.78, 5) is 0. The standard InChI is InChI=1S/C8H14N2O2/c1-10-3-2-8(9-10)4-7(5-11)6-12/h2-3,7,11-12H,4-6H2,1H3. The number of aliphatic hydroxyl groups excluding tert-OH is 2. The number of hydrogen-bond donors (Lipinski definition) is 2. The van der Waals surface area contributed by atoms with Crippen LogP contribution in [0.3, 0.4) is 0 Å². The highest BCUT2D eigenvalue weighted by Gasteiger charge is 2.08. The van der Waals surface area contributed by atoms with Gasteiger partial charge in [-0.2, -0.15) is 5.10 Å². The van der Waals surface area contributed by atoms with E-state index in [1.807, 2.05) is 19.3 Å². The number of aromatic nitrogens is 2. The Bertz CT molecular complexity index is 231. The predicted molar refractivity (Wildman–Crippen MR) is 44.6 cm³/mol. The van der Waals surface area contributed by atoms with Gasteiger partial charge in [0, 0.05) is 32.4 Å². The fourth-order valence-corrected chi connectivity index (χ4v) is 1.05. The lowest BCUT2D eigenvalue weighted by molar-refractivity contribution is 0.149. The van der Waals surface area contributed by atoms with E-state index in [2.05, 4.69) is 5.10 Å². The van der Waals surface area contributed by atoms with Gasteiger partial charge >= 0.3 is 0 Å². The summed E-state index contributed by atoms with van der Waals surface area (Å²) in [6, 6.07) is 1.89. The van der Waals surface area contributed by atoms with Gasteiger partial charge in [0.2, 0.25) is 0 Å². The molecule has 0 saturated heterocycles. The van der Waals surface area contributed by atoms with Crippen LogP contribution < -0.4 is 0 Å². The van der Waals surface area contributed by atoms with Gasteiger partial charge in [-0.15, -0.1) is 0 Å². The normalized spacial score (nSPS) is 11.0. The number of hydrogen-bond acceptors (Lipinski definition) is 3. The molecule has 68 valence electrons. The molecular weight excluding hydrogens is 156 g/mol. The molecule has 0 aliphatic rings. The molecule has 4 nitrogen and oxygen atoms in total. The minimum atomic E-state index is -0.0834. The molecule has 1 aromatic heterocycles. The van der Waals surface area contributed by atoms with Crippen LogP contribution in [0.4, 0.5) is 0 Å². The molecule has 0 spiro atoms. The van der Waals surface area contributed by atoms with E-state index in [1.165, 1.54) is 0 Å². The fourth-order valence-electron chi connectivity index (χ4n) is 1.05. The van der Waals surface area contributed by atoms with Crippen LogP contribution in [0.5, 0.6) is 0 Å². The third kappa shape index (κ3) is 2.32. The summed E-state index contributed by atoms with van der Waals surface area (Å²) in [6.07, 6.45) is 2.48. The van der Waals surface area contributed by atoms with Gasteiger partial charge in [-0.3, -0.25) is 4.68 Å². The zero-order valence-electron chi connectivity index (χ0n) is 7.14. The zero-order chi connectivity index (χ0) is 8.97. The lowest BCUT2D eigenvalue weighted by Crippen LogP contribution is -2.14. The molecule has 0 radical (unpaired) electrons. The molecule has 0 aliphatic heterocycles. The molecule has 0 amide bonds. The highest BCUT2D eigenvalue weighted by molar-refractivity contribution is 4.99. The van der Waals surface area contributed by atoms with Crippen molar-refractivity contribution >= 4 is 0 Å². The van der Waals surface area contributed by atoms with Crippen molar-refractivity contribution in [3.63, 3.8) is 0 Å². The van der Waals surface area contributed by atoms with E-state index in [0.717, 1.165) is 5.69 Å². The first-order valence-electron chi connectivity index (χ1n) is 3.96. The largest absolute Gasteiger partial charge is 0.396 e. The third-order valence-corrected chi connectivity index (χ3v) is 1.78. The van der Waals surface area contributed by atoms with Crippen molar-refractivity contribution in [2.75, 3.05) is 13.2 Å². The molecule has 0 aliphatic carbocycles. The van der Waals surface area contributed by atoms with E-state index in [1.54, 1.807) is 4.68 Å². The van der Waals surface area contributed by atoms with Gasteiger partial charge in [0.15, 0.2) is 0 Å². The Kier molecular flexibility index (Phi) is 3.25. The van der Waals surface area contributed by atoms with E-state index in [9.17, 15) is 0 Å². The first kappa shape index (κ1) is 9.22. The van der Waals surface area contributed by atoms with Gasteiger partial charge in [0.1, 0.15) is 0 Å². The fraction of sp³-hybridized carbons (Fsp3) is 0.625. The van der Waals surface area contributed by atoms with Crippen LogP contribution in [0.15, 0.2) is 12.3 Å². The molecule has 0 atom stereocenters. The van der Waals surface area contributed by atoms with Gasteiger partial charge in [0.05, 0.1) is 5.69 Å². The van der Waals surface area contributed by atoms with Crippen LogP contribution in [-0.2, 0) is 13.5 Å². The summed E-state index contributed by atoms with van der Waals surface area (Å²) < 4.78 is 1.71. The molecule has 2 N–H and O–H groups in total. The summed E-state index contributed by atoms with van der Waals surface area (Å²) in [5.41, 5.74) is 0.908. The molecular formula is C8H14N2O2. The van der Waals surface area contributed by atoms with Crippen LogP contribution >= 0.6 is 0 Å². The van der Waals surface area contributed by atoms with E-state index >= 15 is 0 Å². The minimum absolute atomic E-state index is 0.00702. The maximum Gasteiger partial charge on any atom is 0.0629 e. The Hall–Kier alpha value is -0.870. The maximum absolute atomic E-state index is 8.80. The molecule has 0 fully saturated rings. The second-order valence-corrected chi connectivity index (χ2v) is 2.92. The maximum atomic E-state index is 8.80. The molecule has 1 heterocycles. The zero-order valence-corrected chi connectivity index (χ0v) is 7.14. The van der Waals surface area contributed by atoms with Gasteiger partial charge in [-0.05, 0) is 12.5 Å². The van der Waals surface area contributed by atoms with Crippen molar-refractivity contribution in [3.8, 4) is 0 Å². The van der Waals surface area contributed by atoms with Crippen LogP contribution in [0.2, 0.25) is 0 Å². The molecule has 0 saturated carbocycles. The van der Waals surface area contributed by atoms with E-state index < -0.39 is 0 Å². The number of nitrogens with zero attached hydrogens (tertiary/aromatic N) is 2. The Morgan fingerprint density at radius 1 is 1.50 bits per heavy atom. The SMILES string of the molecule is Cn1ccc(CC(CO)CO)n1. The van der Waals surface area contributed by atoms with Crippen molar-refractivity contribution in [1.82, 2.24) is 9.78 Å². The quantitative estimate of drug-likeness (QED) is 0.644. The van der Waals surface area contributed by atoms with Gasteiger partial charge in [-0.1, -0.05) is 0 Å². The predicted octanol–water partition coefficient (Wildman–Crippen LogP) is -0.437. The minimum Gasteiger partial charge on any atom is -0.396 e. The molecule has 1 aromatic rings. The molecule has 12 heavy (non-hydrogen) atoms. The Balaban J connectivity index is 2.50. The highest BCUT2D eigenvalue weighted by atomic mass is 16.3. The first-order valence-corrected chi connectivity index (χ1v) is 3.96. The first-order chi connectivity index (χ1) is 5.76. The summed E-state index contributed by atoms with van der Waals surface area (Å²) in [7, 11) is 1.84. The van der Waals surface area contributed by atoms with E-state index in [4.69, 9.17) is 10.2 Å². The summed E-state index contributed by atoms with van der Waals surface area (Å²) >= 11 is 0. The van der Waals surface area contributed by atoms with Crippen molar-refractivity contribution in [2.24, 2.45) is 13.0 Å². The summed E-state index contributed by atoms with van der Waals surface area (Å²) in [6.45, 7) is 0.0140. The van der Waals surface area contributed by atoms with Crippen LogP contribution in [0, 0.1) is 5.92 Å². The molecule has 0 aromatic carbocycles. The topological polar surface area (TPSA) is 58.3 Å². The average Bonchev–Trinajstić information content (AvgIpc) is 2.47. The number of rotatable bonds is 4. The average molecular weight is 170 g/mol. The molecule has 0 unspecified atom stereocenters. The van der Waals surface area contributed by atoms with Crippen molar-refractivity contribution in [3.05, 3.63) is 18.0 Å². The lowest BCUT2D eigenvalue weighted by atomic mass is 10.1. The monoisotopic (exact) mass is 170 g/mol. The Morgan fingerprint density at radius 2 is 2.17 bits per heavy atom. The van der Waals surface area contributed by atoms with Gasteiger partial charge < -0.3 is 10.2 Å². The summed E-state index contributed by atoms with van der Waals surface area (Å²) in [5, 5.41) is 21.7.